The van der Waals surface area contributed by atoms with E-state index in [2.05, 4.69) is 9.97 Å². The van der Waals surface area contributed by atoms with E-state index in [0.717, 1.165) is 17.3 Å². The molecule has 0 amide bonds. The SMILES string of the molecule is Cc1c(C(C)C)cnc2c(-c3ccc(F)c(N)c3C=N)c(N)c(=O)[nH]c12. The van der Waals surface area contributed by atoms with Crippen molar-refractivity contribution in [2.75, 3.05) is 11.5 Å². The molecule has 0 radical (unpaired) electrons. The van der Waals surface area contributed by atoms with Crippen molar-refractivity contribution in [2.24, 2.45) is 0 Å². The molecule has 0 aliphatic heterocycles. The highest BCUT2D eigenvalue weighted by atomic mass is 19.1. The second-order valence-electron chi connectivity index (χ2n) is 6.53. The Balaban J connectivity index is 2.50. The largest absolute Gasteiger partial charge is 0.396 e. The van der Waals surface area contributed by atoms with Crippen LogP contribution in [0.4, 0.5) is 15.8 Å². The molecule has 0 aliphatic rings. The predicted molar refractivity (Wildman–Crippen MR) is 103 cm³/mol. The van der Waals surface area contributed by atoms with Crippen molar-refractivity contribution < 1.29 is 4.39 Å². The van der Waals surface area contributed by atoms with Gasteiger partial charge in [0.1, 0.15) is 11.5 Å². The molecule has 7 heteroatoms. The Morgan fingerprint density at radius 3 is 2.58 bits per heavy atom. The Morgan fingerprint density at radius 1 is 1.27 bits per heavy atom. The summed E-state index contributed by atoms with van der Waals surface area (Å²) in [6.07, 6.45) is 2.70. The molecule has 0 bridgehead atoms. The number of hydrogen-bond donors (Lipinski definition) is 4. The number of aryl methyl sites for hydroxylation is 1. The normalized spacial score (nSPS) is 11.3. The lowest BCUT2D eigenvalue weighted by molar-refractivity contribution is 0.632. The number of fused-ring (bicyclic) bond motifs is 1. The van der Waals surface area contributed by atoms with Crippen molar-refractivity contribution in [3.05, 3.63) is 51.2 Å². The fraction of sp³-hybridized carbons (Fsp3) is 0.211. The van der Waals surface area contributed by atoms with Crippen LogP contribution >= 0.6 is 0 Å². The van der Waals surface area contributed by atoms with E-state index in [-0.39, 0.29) is 22.9 Å². The third kappa shape index (κ3) is 2.52. The Labute approximate surface area is 149 Å². The van der Waals surface area contributed by atoms with Gasteiger partial charge in [0.15, 0.2) is 0 Å². The number of benzene rings is 1. The predicted octanol–water partition coefficient (Wildman–Crippen LogP) is 3.32. The van der Waals surface area contributed by atoms with E-state index in [4.69, 9.17) is 16.9 Å². The summed E-state index contributed by atoms with van der Waals surface area (Å²) < 4.78 is 13.8. The van der Waals surface area contributed by atoms with E-state index < -0.39 is 11.4 Å². The van der Waals surface area contributed by atoms with E-state index in [1.807, 2.05) is 20.8 Å². The third-order valence-electron chi connectivity index (χ3n) is 4.64. The zero-order valence-corrected chi connectivity index (χ0v) is 14.8. The second-order valence-corrected chi connectivity index (χ2v) is 6.53. The van der Waals surface area contributed by atoms with Gasteiger partial charge in [0.25, 0.3) is 5.56 Å². The maximum Gasteiger partial charge on any atom is 0.272 e. The minimum atomic E-state index is -0.633. The molecule has 0 unspecified atom stereocenters. The molecule has 2 aromatic heterocycles. The molecule has 0 spiro atoms. The summed E-state index contributed by atoms with van der Waals surface area (Å²) in [7, 11) is 0. The maximum absolute atomic E-state index is 13.8. The number of rotatable bonds is 3. The minimum absolute atomic E-state index is 0.0456. The van der Waals surface area contributed by atoms with Gasteiger partial charge in [0, 0.05) is 23.5 Å². The average Bonchev–Trinajstić information content (AvgIpc) is 2.59. The lowest BCUT2D eigenvalue weighted by Gasteiger charge is -2.16. The Hall–Kier alpha value is -3.22. The average molecular weight is 353 g/mol. The van der Waals surface area contributed by atoms with Gasteiger partial charge in [0.2, 0.25) is 0 Å². The van der Waals surface area contributed by atoms with Crippen LogP contribution < -0.4 is 17.0 Å². The molecule has 0 fully saturated rings. The van der Waals surface area contributed by atoms with Gasteiger partial charge in [0.05, 0.1) is 16.7 Å². The quantitative estimate of drug-likeness (QED) is 0.426. The van der Waals surface area contributed by atoms with E-state index in [1.165, 1.54) is 12.1 Å². The van der Waals surface area contributed by atoms with Crippen LogP contribution in [0, 0.1) is 18.2 Å². The highest BCUT2D eigenvalue weighted by molar-refractivity contribution is 6.05. The van der Waals surface area contributed by atoms with Crippen LogP contribution in [0.15, 0.2) is 23.1 Å². The molecule has 0 saturated heterocycles. The molecular formula is C19H20FN5O. The molecule has 6 N–H and O–H groups in total. The first-order chi connectivity index (χ1) is 12.3. The van der Waals surface area contributed by atoms with E-state index in [1.54, 1.807) is 6.20 Å². The lowest BCUT2D eigenvalue weighted by Crippen LogP contribution is -2.16. The van der Waals surface area contributed by atoms with Crippen molar-refractivity contribution in [1.29, 1.82) is 5.41 Å². The van der Waals surface area contributed by atoms with Crippen LogP contribution in [-0.4, -0.2) is 16.2 Å². The van der Waals surface area contributed by atoms with E-state index in [0.29, 0.717) is 22.2 Å². The highest BCUT2D eigenvalue weighted by Gasteiger charge is 2.20. The maximum atomic E-state index is 13.8. The lowest BCUT2D eigenvalue weighted by atomic mass is 9.93. The Kier molecular flexibility index (Phi) is 4.23. The first-order valence-electron chi connectivity index (χ1n) is 8.17. The smallest absolute Gasteiger partial charge is 0.272 e. The number of H-pyrrole nitrogens is 1. The number of aromatic nitrogens is 2. The van der Waals surface area contributed by atoms with Crippen LogP contribution in [0.5, 0.6) is 0 Å². The fourth-order valence-electron chi connectivity index (χ4n) is 3.22. The van der Waals surface area contributed by atoms with Gasteiger partial charge in [-0.3, -0.25) is 9.78 Å². The first-order valence-corrected chi connectivity index (χ1v) is 8.17. The first kappa shape index (κ1) is 17.6. The summed E-state index contributed by atoms with van der Waals surface area (Å²) in [5.41, 5.74) is 15.0. The summed E-state index contributed by atoms with van der Waals surface area (Å²) in [5, 5.41) is 7.62. The molecule has 1 aromatic carbocycles. The molecule has 0 atom stereocenters. The third-order valence-corrected chi connectivity index (χ3v) is 4.64. The summed E-state index contributed by atoms with van der Waals surface area (Å²) >= 11 is 0. The number of hydrogen-bond acceptors (Lipinski definition) is 5. The zero-order chi connectivity index (χ0) is 19.2. The summed E-state index contributed by atoms with van der Waals surface area (Å²) in [5.74, 6) is -0.402. The molecule has 26 heavy (non-hydrogen) atoms. The Morgan fingerprint density at radius 2 is 1.96 bits per heavy atom. The molecular weight excluding hydrogens is 333 g/mol. The van der Waals surface area contributed by atoms with Crippen molar-refractivity contribution in [3.63, 3.8) is 0 Å². The summed E-state index contributed by atoms with van der Waals surface area (Å²) in [4.78, 5) is 19.7. The van der Waals surface area contributed by atoms with Crippen LogP contribution in [-0.2, 0) is 0 Å². The van der Waals surface area contributed by atoms with Crippen molar-refractivity contribution in [1.82, 2.24) is 9.97 Å². The monoisotopic (exact) mass is 353 g/mol. The number of aromatic amines is 1. The van der Waals surface area contributed by atoms with Gasteiger partial charge in [-0.2, -0.15) is 0 Å². The molecule has 3 rings (SSSR count). The van der Waals surface area contributed by atoms with Crippen molar-refractivity contribution in [3.8, 4) is 11.1 Å². The number of nitrogens with one attached hydrogen (secondary N) is 2. The number of anilines is 2. The van der Waals surface area contributed by atoms with E-state index >= 15 is 0 Å². The molecule has 2 heterocycles. The fourth-order valence-corrected chi connectivity index (χ4v) is 3.22. The number of nitrogens with zero attached hydrogens (tertiary/aromatic N) is 1. The number of halogens is 1. The zero-order valence-electron chi connectivity index (χ0n) is 14.8. The summed E-state index contributed by atoms with van der Waals surface area (Å²) in [6.45, 7) is 5.99. The van der Waals surface area contributed by atoms with Gasteiger partial charge in [-0.25, -0.2) is 4.39 Å². The van der Waals surface area contributed by atoms with Gasteiger partial charge < -0.3 is 21.9 Å². The van der Waals surface area contributed by atoms with Crippen LogP contribution in [0.2, 0.25) is 0 Å². The molecule has 3 aromatic rings. The Bertz CT molecular complexity index is 1100. The number of nitrogen functional groups attached to an aromatic ring is 2. The second kappa shape index (κ2) is 6.25. The highest BCUT2D eigenvalue weighted by Crippen LogP contribution is 2.36. The molecule has 0 saturated carbocycles. The van der Waals surface area contributed by atoms with E-state index in [9.17, 15) is 9.18 Å². The number of pyridine rings is 2. The topological polar surface area (TPSA) is 122 Å². The van der Waals surface area contributed by atoms with Gasteiger partial charge in [-0.1, -0.05) is 19.9 Å². The van der Waals surface area contributed by atoms with Crippen LogP contribution in [0.25, 0.3) is 22.2 Å². The minimum Gasteiger partial charge on any atom is -0.396 e. The molecule has 134 valence electrons. The van der Waals surface area contributed by atoms with Gasteiger partial charge in [-0.05, 0) is 35.6 Å². The van der Waals surface area contributed by atoms with Gasteiger partial charge >= 0.3 is 0 Å². The van der Waals surface area contributed by atoms with Crippen LogP contribution in [0.3, 0.4) is 0 Å². The van der Waals surface area contributed by atoms with Crippen LogP contribution in [0.1, 0.15) is 36.5 Å². The molecule has 0 aliphatic carbocycles. The number of nitrogens with two attached hydrogens (primary N) is 2. The summed E-state index contributed by atoms with van der Waals surface area (Å²) in [6, 6.07) is 2.66. The molecule has 6 nitrogen and oxygen atoms in total. The standard InChI is InChI=1S/C19H20FN5O/c1-8(2)12-7-24-18-14(16(23)19(26)25-17(18)9(12)3)10-4-5-13(20)15(22)11(10)6-21/h4-8,21H,22-23H2,1-3H3,(H,25,26). The van der Waals surface area contributed by atoms with Crippen molar-refractivity contribution in [2.45, 2.75) is 26.7 Å². The van der Waals surface area contributed by atoms with Crippen molar-refractivity contribution >= 4 is 28.6 Å². The van der Waals surface area contributed by atoms with Gasteiger partial charge in [-0.15, -0.1) is 0 Å².